The number of hydrogen-bond donors (Lipinski definition) is 0. The van der Waals surface area contributed by atoms with Gasteiger partial charge in [-0.15, -0.1) is 0 Å². The Bertz CT molecular complexity index is 3070. The normalized spacial score (nSPS) is 14.2. The highest BCUT2D eigenvalue weighted by molar-refractivity contribution is 6.94. The van der Waals surface area contributed by atoms with Crippen LogP contribution in [0.5, 0.6) is 0 Å². The molecule has 0 atom stereocenters. The molecule has 0 bridgehead atoms. The zero-order chi connectivity index (χ0) is 37.9. The van der Waals surface area contributed by atoms with Gasteiger partial charge in [0.15, 0.2) is 0 Å². The van der Waals surface area contributed by atoms with Gasteiger partial charge in [0, 0.05) is 38.5 Å². The lowest BCUT2D eigenvalue weighted by Gasteiger charge is -2.43. The molecular formula is C52H47BN2. The number of rotatable bonds is 1. The first-order valence-corrected chi connectivity index (χ1v) is 20.1. The van der Waals surface area contributed by atoms with E-state index in [0.717, 1.165) is 0 Å². The van der Waals surface area contributed by atoms with E-state index < -0.39 is 0 Å². The van der Waals surface area contributed by atoms with Crippen LogP contribution in [0.2, 0.25) is 0 Å². The molecule has 0 saturated carbocycles. The van der Waals surface area contributed by atoms with Gasteiger partial charge in [-0.25, -0.2) is 0 Å². The Labute approximate surface area is 324 Å². The molecule has 3 heterocycles. The molecule has 55 heavy (non-hydrogen) atoms. The van der Waals surface area contributed by atoms with Gasteiger partial charge in [0.05, 0.1) is 16.7 Å². The average Bonchev–Trinajstić information content (AvgIpc) is 3.48. The Morgan fingerprint density at radius 2 is 1.11 bits per heavy atom. The van der Waals surface area contributed by atoms with Gasteiger partial charge in [-0.1, -0.05) is 147 Å². The monoisotopic (exact) mass is 710 g/mol. The lowest BCUT2D eigenvalue weighted by Crippen LogP contribution is -2.61. The molecule has 0 unspecified atom stereocenters. The van der Waals surface area contributed by atoms with E-state index in [2.05, 4.69) is 193 Å². The van der Waals surface area contributed by atoms with Gasteiger partial charge in [-0.3, -0.25) is 0 Å². The summed E-state index contributed by atoms with van der Waals surface area (Å²) in [7, 11) is 0. The van der Waals surface area contributed by atoms with Crippen LogP contribution in [0, 0.1) is 0 Å². The molecule has 9 aromatic rings. The van der Waals surface area contributed by atoms with Gasteiger partial charge in [0.1, 0.15) is 0 Å². The average molecular weight is 711 g/mol. The molecule has 8 aromatic carbocycles. The van der Waals surface area contributed by atoms with Crippen molar-refractivity contribution in [1.82, 2.24) is 4.57 Å². The van der Waals surface area contributed by atoms with Crippen LogP contribution in [0.3, 0.4) is 0 Å². The zero-order valence-corrected chi connectivity index (χ0v) is 33.5. The molecule has 2 aliphatic heterocycles. The standard InChI is InChI=1S/C52H47BN2/c1-50(2,3)32-21-24-42-39(27-32)40-28-34(52(7,8)9)29-41-48(40)54(42)49-38-23-20-31-26-33(51(4,5)6)25-30-19-22-37(45(38)44(30)31)46-36-17-13-14-18-43(36)55(53(41)47(46)49)35-15-11-10-12-16-35/h10-29H,1-9H3. The fourth-order valence-corrected chi connectivity index (χ4v) is 10.1. The van der Waals surface area contributed by atoms with Crippen molar-refractivity contribution in [1.29, 1.82) is 0 Å². The molecule has 0 saturated heterocycles. The van der Waals surface area contributed by atoms with E-state index in [1.165, 1.54) is 110 Å². The predicted octanol–water partition coefficient (Wildman–Crippen LogP) is 12.8. The molecule has 268 valence electrons. The maximum atomic E-state index is 2.68. The second-order valence-electron chi connectivity index (χ2n) is 19.4. The quantitative estimate of drug-likeness (QED) is 0.122. The largest absolute Gasteiger partial charge is 0.376 e. The van der Waals surface area contributed by atoms with E-state index in [9.17, 15) is 0 Å². The lowest BCUT2D eigenvalue weighted by molar-refractivity contribution is 0.590. The van der Waals surface area contributed by atoms with Gasteiger partial charge in [0.25, 0.3) is 0 Å². The molecule has 0 fully saturated rings. The summed E-state index contributed by atoms with van der Waals surface area (Å²) in [5, 5.41) is 10.8. The van der Waals surface area contributed by atoms with Crippen LogP contribution in [0.25, 0.3) is 70.9 Å². The fourth-order valence-electron chi connectivity index (χ4n) is 10.1. The molecule has 2 nitrogen and oxygen atoms in total. The van der Waals surface area contributed by atoms with Crippen molar-refractivity contribution in [3.05, 3.63) is 138 Å². The summed E-state index contributed by atoms with van der Waals surface area (Å²) in [6.07, 6.45) is 0. The molecule has 3 heteroatoms. The Kier molecular flexibility index (Phi) is 6.34. The summed E-state index contributed by atoms with van der Waals surface area (Å²) in [6, 6.07) is 47.2. The summed E-state index contributed by atoms with van der Waals surface area (Å²) in [5.74, 6) is 0. The van der Waals surface area contributed by atoms with Crippen LogP contribution in [0.1, 0.15) is 79.0 Å². The maximum Gasteiger partial charge on any atom is 0.333 e. The van der Waals surface area contributed by atoms with Crippen molar-refractivity contribution in [3.63, 3.8) is 0 Å². The van der Waals surface area contributed by atoms with Crippen molar-refractivity contribution in [3.8, 4) is 16.8 Å². The maximum absolute atomic E-state index is 2.68. The molecule has 0 aliphatic carbocycles. The Morgan fingerprint density at radius 3 is 1.80 bits per heavy atom. The van der Waals surface area contributed by atoms with Crippen molar-refractivity contribution in [2.75, 3.05) is 4.81 Å². The SMILES string of the molecule is CC(C)(C)c1cc2ccc3c4c5c(c6ccc(c1)c2c36)-n1c2ccc(C(C)(C)C)cc2c2cc(C(C)(C)C)cc(c21)B5N(c1ccccc1)c1ccccc1-4. The van der Waals surface area contributed by atoms with E-state index in [1.807, 2.05) is 0 Å². The first-order valence-electron chi connectivity index (χ1n) is 20.1. The minimum absolute atomic E-state index is 0.0274. The first kappa shape index (κ1) is 32.9. The summed E-state index contributed by atoms with van der Waals surface area (Å²) in [6.45, 7) is 21.0. The summed E-state index contributed by atoms with van der Waals surface area (Å²) in [4.78, 5) is 2.65. The molecule has 0 amide bonds. The second-order valence-corrected chi connectivity index (χ2v) is 19.4. The first-order chi connectivity index (χ1) is 26.2. The number of fused-ring (bicyclic) bond motifs is 9. The van der Waals surface area contributed by atoms with Gasteiger partial charge in [-0.2, -0.15) is 0 Å². The topological polar surface area (TPSA) is 8.17 Å². The summed E-state index contributed by atoms with van der Waals surface area (Å²) < 4.78 is 2.68. The highest BCUT2D eigenvalue weighted by Crippen LogP contribution is 2.51. The number of aromatic nitrogens is 1. The molecule has 0 N–H and O–H groups in total. The molecular weight excluding hydrogens is 663 g/mol. The van der Waals surface area contributed by atoms with E-state index in [-0.39, 0.29) is 23.1 Å². The van der Waals surface area contributed by atoms with E-state index in [0.29, 0.717) is 0 Å². The fraction of sp³-hybridized carbons (Fsp3) is 0.231. The molecule has 1 aromatic heterocycles. The minimum Gasteiger partial charge on any atom is -0.376 e. The van der Waals surface area contributed by atoms with Crippen molar-refractivity contribution in [2.45, 2.75) is 78.6 Å². The second kappa shape index (κ2) is 10.6. The summed E-state index contributed by atoms with van der Waals surface area (Å²) in [5.41, 5.74) is 16.0. The van der Waals surface area contributed by atoms with E-state index in [4.69, 9.17) is 0 Å². The minimum atomic E-state index is -0.0344. The van der Waals surface area contributed by atoms with Crippen molar-refractivity contribution in [2.24, 2.45) is 0 Å². The number of hydrogen-bond acceptors (Lipinski definition) is 1. The van der Waals surface area contributed by atoms with E-state index >= 15 is 0 Å². The van der Waals surface area contributed by atoms with Gasteiger partial charge >= 0.3 is 6.85 Å². The highest BCUT2D eigenvalue weighted by Gasteiger charge is 2.46. The molecule has 0 radical (unpaired) electrons. The smallest absolute Gasteiger partial charge is 0.333 e. The van der Waals surface area contributed by atoms with Gasteiger partial charge < -0.3 is 9.38 Å². The van der Waals surface area contributed by atoms with E-state index in [1.54, 1.807) is 0 Å². The third kappa shape index (κ3) is 4.39. The molecule has 2 aliphatic rings. The van der Waals surface area contributed by atoms with Crippen LogP contribution >= 0.6 is 0 Å². The third-order valence-corrected chi connectivity index (χ3v) is 12.9. The number of benzene rings is 8. The highest BCUT2D eigenvalue weighted by atomic mass is 15.1. The van der Waals surface area contributed by atoms with Gasteiger partial charge in [0.2, 0.25) is 0 Å². The van der Waals surface area contributed by atoms with Crippen molar-refractivity contribution >= 4 is 83.3 Å². The van der Waals surface area contributed by atoms with Crippen LogP contribution in [0.15, 0.2) is 121 Å². The number of anilines is 2. The molecule has 0 spiro atoms. The van der Waals surface area contributed by atoms with Crippen LogP contribution < -0.4 is 15.7 Å². The Morgan fingerprint density at radius 1 is 0.491 bits per heavy atom. The third-order valence-electron chi connectivity index (χ3n) is 12.9. The predicted molar refractivity (Wildman–Crippen MR) is 240 cm³/mol. The summed E-state index contributed by atoms with van der Waals surface area (Å²) >= 11 is 0. The van der Waals surface area contributed by atoms with Crippen LogP contribution in [-0.4, -0.2) is 11.4 Å². The van der Waals surface area contributed by atoms with Crippen LogP contribution in [0.4, 0.5) is 11.4 Å². The molecule has 11 rings (SSSR count). The van der Waals surface area contributed by atoms with Gasteiger partial charge in [-0.05, 0) is 107 Å². The Balaban J connectivity index is 1.41. The zero-order valence-electron chi connectivity index (χ0n) is 33.5. The number of nitrogens with zero attached hydrogens (tertiary/aromatic N) is 2. The Hall–Kier alpha value is -5.54. The van der Waals surface area contributed by atoms with Crippen LogP contribution in [-0.2, 0) is 16.2 Å². The number of para-hydroxylation sites is 2. The van der Waals surface area contributed by atoms with Crippen molar-refractivity contribution < 1.29 is 0 Å². The lowest BCUT2D eigenvalue weighted by atomic mass is 9.43.